The molecule has 0 radical (unpaired) electrons. The smallest absolute Gasteiger partial charge is 0.309 e. The van der Waals surface area contributed by atoms with Gasteiger partial charge in [0, 0.05) is 25.7 Å². The van der Waals surface area contributed by atoms with Crippen LogP contribution in [0.25, 0.3) is 0 Å². The molecule has 21 heavy (non-hydrogen) atoms. The maximum atomic E-state index is 11.8. The zero-order valence-corrected chi connectivity index (χ0v) is 12.1. The molecule has 2 aliphatic rings. The van der Waals surface area contributed by atoms with Gasteiger partial charge < -0.3 is 15.2 Å². The third-order valence-corrected chi connectivity index (χ3v) is 4.43. The van der Waals surface area contributed by atoms with E-state index in [4.69, 9.17) is 4.74 Å². The van der Waals surface area contributed by atoms with Crippen molar-refractivity contribution in [2.45, 2.75) is 12.5 Å². The zero-order valence-electron chi connectivity index (χ0n) is 12.1. The molecule has 2 atom stereocenters. The molecule has 2 aliphatic heterocycles. The number of carboxylic acids is 1. The third-order valence-electron chi connectivity index (χ3n) is 4.43. The SMILES string of the molecule is O=C(O)C(CN1CCOCC1)C1NCCc2ccccc21. The predicted molar refractivity (Wildman–Crippen MR) is 79.3 cm³/mol. The first kappa shape index (κ1) is 14.5. The van der Waals surface area contributed by atoms with Gasteiger partial charge in [-0.2, -0.15) is 0 Å². The van der Waals surface area contributed by atoms with Gasteiger partial charge in [-0.1, -0.05) is 24.3 Å². The summed E-state index contributed by atoms with van der Waals surface area (Å²) in [7, 11) is 0. The lowest BCUT2D eigenvalue weighted by Crippen LogP contribution is -2.46. The molecular weight excluding hydrogens is 268 g/mol. The molecular formula is C16H22N2O3. The maximum absolute atomic E-state index is 11.8. The molecule has 2 heterocycles. The summed E-state index contributed by atoms with van der Waals surface area (Å²) in [5, 5.41) is 13.1. The number of nitrogens with one attached hydrogen (secondary N) is 1. The van der Waals surface area contributed by atoms with Gasteiger partial charge in [0.25, 0.3) is 0 Å². The molecule has 0 saturated carbocycles. The Labute approximate surface area is 124 Å². The highest BCUT2D eigenvalue weighted by Gasteiger charge is 2.34. The highest BCUT2D eigenvalue weighted by Crippen LogP contribution is 2.29. The summed E-state index contributed by atoms with van der Waals surface area (Å²) < 4.78 is 5.34. The van der Waals surface area contributed by atoms with E-state index in [9.17, 15) is 9.90 Å². The number of hydrogen-bond donors (Lipinski definition) is 2. The lowest BCUT2D eigenvalue weighted by Gasteiger charge is -2.35. The summed E-state index contributed by atoms with van der Waals surface area (Å²) >= 11 is 0. The van der Waals surface area contributed by atoms with E-state index in [1.165, 1.54) is 5.56 Å². The quantitative estimate of drug-likeness (QED) is 0.863. The Morgan fingerprint density at radius 1 is 1.38 bits per heavy atom. The first-order chi connectivity index (χ1) is 10.3. The van der Waals surface area contributed by atoms with Crippen molar-refractivity contribution >= 4 is 5.97 Å². The number of nitrogens with zero attached hydrogens (tertiary/aromatic N) is 1. The van der Waals surface area contributed by atoms with E-state index < -0.39 is 11.9 Å². The van der Waals surface area contributed by atoms with Crippen LogP contribution in [0.4, 0.5) is 0 Å². The number of rotatable bonds is 4. The van der Waals surface area contributed by atoms with Crippen molar-refractivity contribution in [3.05, 3.63) is 35.4 Å². The van der Waals surface area contributed by atoms with E-state index in [-0.39, 0.29) is 6.04 Å². The van der Waals surface area contributed by atoms with Gasteiger partial charge in [0.1, 0.15) is 0 Å². The summed E-state index contributed by atoms with van der Waals surface area (Å²) in [6.45, 7) is 4.44. The van der Waals surface area contributed by atoms with Gasteiger partial charge >= 0.3 is 5.97 Å². The second kappa shape index (κ2) is 6.56. The molecule has 5 nitrogen and oxygen atoms in total. The molecule has 2 N–H and O–H groups in total. The largest absolute Gasteiger partial charge is 0.481 e. The Hall–Kier alpha value is -1.43. The van der Waals surface area contributed by atoms with Crippen LogP contribution in [-0.2, 0) is 16.0 Å². The fraction of sp³-hybridized carbons (Fsp3) is 0.562. The summed E-state index contributed by atoms with van der Waals surface area (Å²) in [6.07, 6.45) is 0.969. The number of benzene rings is 1. The Morgan fingerprint density at radius 3 is 2.90 bits per heavy atom. The van der Waals surface area contributed by atoms with Crippen molar-refractivity contribution in [1.82, 2.24) is 10.2 Å². The van der Waals surface area contributed by atoms with Gasteiger partial charge in [-0.05, 0) is 24.1 Å². The predicted octanol–water partition coefficient (Wildman–Crippen LogP) is 0.906. The molecule has 0 spiro atoms. The fourth-order valence-corrected chi connectivity index (χ4v) is 3.28. The summed E-state index contributed by atoms with van der Waals surface area (Å²) in [5.41, 5.74) is 2.42. The molecule has 0 aliphatic carbocycles. The topological polar surface area (TPSA) is 61.8 Å². The highest BCUT2D eigenvalue weighted by atomic mass is 16.5. The monoisotopic (exact) mass is 290 g/mol. The minimum atomic E-state index is -0.726. The van der Waals surface area contributed by atoms with Crippen LogP contribution in [-0.4, -0.2) is 55.4 Å². The second-order valence-corrected chi connectivity index (χ2v) is 5.74. The molecule has 1 aromatic carbocycles. The van der Waals surface area contributed by atoms with Crippen LogP contribution in [0.3, 0.4) is 0 Å². The van der Waals surface area contributed by atoms with Crippen molar-refractivity contribution in [3.8, 4) is 0 Å². The number of morpholine rings is 1. The second-order valence-electron chi connectivity index (χ2n) is 5.74. The average Bonchev–Trinajstić information content (AvgIpc) is 2.53. The van der Waals surface area contributed by atoms with Gasteiger partial charge in [-0.15, -0.1) is 0 Å². The van der Waals surface area contributed by atoms with Crippen LogP contribution < -0.4 is 5.32 Å². The first-order valence-corrected chi connectivity index (χ1v) is 7.60. The molecule has 0 amide bonds. The van der Waals surface area contributed by atoms with Gasteiger partial charge in [0.2, 0.25) is 0 Å². The van der Waals surface area contributed by atoms with E-state index >= 15 is 0 Å². The van der Waals surface area contributed by atoms with Crippen molar-refractivity contribution in [1.29, 1.82) is 0 Å². The Balaban J connectivity index is 1.79. The minimum absolute atomic E-state index is 0.102. The van der Waals surface area contributed by atoms with E-state index in [1.54, 1.807) is 0 Å². The molecule has 1 aromatic rings. The molecule has 5 heteroatoms. The summed E-state index contributed by atoms with van der Waals surface area (Å²) in [5.74, 6) is -1.15. The Bertz CT molecular complexity index is 500. The number of hydrogen-bond acceptors (Lipinski definition) is 4. The Kier molecular flexibility index (Phi) is 4.53. The van der Waals surface area contributed by atoms with Crippen molar-refractivity contribution < 1.29 is 14.6 Å². The van der Waals surface area contributed by atoms with E-state index in [2.05, 4.69) is 22.3 Å². The number of carbonyl (C=O) groups is 1. The number of carboxylic acid groups (broad SMARTS) is 1. The molecule has 3 rings (SSSR count). The summed E-state index contributed by atoms with van der Waals surface area (Å²) in [4.78, 5) is 14.0. The molecule has 114 valence electrons. The average molecular weight is 290 g/mol. The summed E-state index contributed by atoms with van der Waals surface area (Å²) in [6, 6.07) is 8.08. The van der Waals surface area contributed by atoms with Crippen LogP contribution in [0.15, 0.2) is 24.3 Å². The highest BCUT2D eigenvalue weighted by molar-refractivity contribution is 5.72. The fourth-order valence-electron chi connectivity index (χ4n) is 3.28. The number of ether oxygens (including phenoxy) is 1. The molecule has 0 aromatic heterocycles. The molecule has 1 saturated heterocycles. The lowest BCUT2D eigenvalue weighted by molar-refractivity contribution is -0.144. The van der Waals surface area contributed by atoms with Gasteiger partial charge in [0.05, 0.1) is 19.1 Å². The third kappa shape index (κ3) is 3.26. The lowest BCUT2D eigenvalue weighted by atomic mass is 9.86. The van der Waals surface area contributed by atoms with Crippen LogP contribution in [0, 0.1) is 5.92 Å². The maximum Gasteiger partial charge on any atom is 0.309 e. The van der Waals surface area contributed by atoms with Crippen LogP contribution in [0.1, 0.15) is 17.2 Å². The minimum Gasteiger partial charge on any atom is -0.481 e. The molecule has 0 bridgehead atoms. The van der Waals surface area contributed by atoms with Crippen LogP contribution in [0.2, 0.25) is 0 Å². The standard InChI is InChI=1S/C16H22N2O3/c19-16(20)14(11-18-7-9-21-10-8-18)15-13-4-2-1-3-12(13)5-6-17-15/h1-4,14-15,17H,5-11H2,(H,19,20). The van der Waals surface area contributed by atoms with Crippen molar-refractivity contribution in [3.63, 3.8) is 0 Å². The van der Waals surface area contributed by atoms with E-state index in [0.717, 1.165) is 31.6 Å². The van der Waals surface area contributed by atoms with Crippen molar-refractivity contribution in [2.75, 3.05) is 39.4 Å². The van der Waals surface area contributed by atoms with E-state index in [0.29, 0.717) is 19.8 Å². The van der Waals surface area contributed by atoms with E-state index in [1.807, 2.05) is 12.1 Å². The normalized spacial score (nSPS) is 24.3. The number of aliphatic carboxylic acids is 1. The zero-order chi connectivity index (χ0) is 14.7. The van der Waals surface area contributed by atoms with Gasteiger partial charge in [-0.3, -0.25) is 9.69 Å². The number of fused-ring (bicyclic) bond motifs is 1. The van der Waals surface area contributed by atoms with Gasteiger partial charge in [0.15, 0.2) is 0 Å². The Morgan fingerprint density at radius 2 is 2.14 bits per heavy atom. The van der Waals surface area contributed by atoms with Crippen LogP contribution >= 0.6 is 0 Å². The first-order valence-electron chi connectivity index (χ1n) is 7.60. The molecule has 1 fully saturated rings. The van der Waals surface area contributed by atoms with Crippen LogP contribution in [0.5, 0.6) is 0 Å². The van der Waals surface area contributed by atoms with Crippen molar-refractivity contribution in [2.24, 2.45) is 5.92 Å². The molecule has 2 unspecified atom stereocenters. The van der Waals surface area contributed by atoms with Gasteiger partial charge in [-0.25, -0.2) is 0 Å².